The number of amides is 1. The third-order valence-electron chi connectivity index (χ3n) is 3.14. The van der Waals surface area contributed by atoms with Crippen LogP contribution in [-0.4, -0.2) is 29.7 Å². The van der Waals surface area contributed by atoms with Crippen LogP contribution in [0.3, 0.4) is 0 Å². The molecule has 1 amide bonds. The summed E-state index contributed by atoms with van der Waals surface area (Å²) < 4.78 is 10.5. The fourth-order valence-corrected chi connectivity index (χ4v) is 2.08. The van der Waals surface area contributed by atoms with Crippen LogP contribution in [0.15, 0.2) is 24.8 Å². The molecule has 0 bridgehead atoms. The van der Waals surface area contributed by atoms with Crippen molar-refractivity contribution in [1.82, 2.24) is 4.90 Å². The van der Waals surface area contributed by atoms with Gasteiger partial charge in [0.1, 0.15) is 0 Å². The Morgan fingerprint density at radius 3 is 2.55 bits per heavy atom. The number of anilines is 1. The number of nitrogens with two attached hydrogens (primary N) is 1. The lowest BCUT2D eigenvalue weighted by molar-refractivity contribution is 0.0617. The van der Waals surface area contributed by atoms with E-state index in [1.165, 1.54) is 0 Å². The first-order valence-electron chi connectivity index (χ1n) is 6.46. The van der Waals surface area contributed by atoms with Crippen molar-refractivity contribution in [3.8, 4) is 11.5 Å². The molecule has 108 valence electrons. The van der Waals surface area contributed by atoms with Crippen LogP contribution in [0.4, 0.5) is 5.69 Å². The Kier molecular flexibility index (Phi) is 3.61. The lowest BCUT2D eigenvalue weighted by Crippen LogP contribution is -2.45. The molecular formula is C15H20N2O3. The van der Waals surface area contributed by atoms with Crippen molar-refractivity contribution in [1.29, 1.82) is 0 Å². The van der Waals surface area contributed by atoms with Crippen LogP contribution in [0, 0.1) is 0 Å². The normalized spacial score (nSPS) is 13.2. The van der Waals surface area contributed by atoms with Gasteiger partial charge in [-0.25, -0.2) is 0 Å². The predicted molar refractivity (Wildman–Crippen MR) is 78.0 cm³/mol. The highest BCUT2D eigenvalue weighted by Gasteiger charge is 2.29. The molecule has 0 aliphatic carbocycles. The standard InChI is InChI=1S/C15H20N2O3/c1-5-6-17(15(2,3)4)14(18)10-7-12-13(8-11(10)16)20-9-19-12/h5,7-8H,1,6,9,16H2,2-4H3. The van der Waals surface area contributed by atoms with Gasteiger partial charge >= 0.3 is 0 Å². The van der Waals surface area contributed by atoms with Gasteiger partial charge < -0.3 is 20.1 Å². The number of benzene rings is 1. The average molecular weight is 276 g/mol. The number of rotatable bonds is 3. The van der Waals surface area contributed by atoms with Crippen molar-refractivity contribution in [2.75, 3.05) is 19.1 Å². The maximum atomic E-state index is 12.7. The molecule has 1 aliphatic heterocycles. The van der Waals surface area contributed by atoms with E-state index in [0.29, 0.717) is 29.3 Å². The highest BCUT2D eigenvalue weighted by Crippen LogP contribution is 2.36. The Bertz CT molecular complexity index is 547. The van der Waals surface area contributed by atoms with Gasteiger partial charge in [0.2, 0.25) is 6.79 Å². The number of fused-ring (bicyclic) bond motifs is 1. The van der Waals surface area contributed by atoms with Gasteiger partial charge in [-0.15, -0.1) is 6.58 Å². The topological polar surface area (TPSA) is 64.8 Å². The Morgan fingerprint density at radius 1 is 1.40 bits per heavy atom. The molecule has 0 fully saturated rings. The number of nitrogen functional groups attached to an aromatic ring is 1. The Labute approximate surface area is 119 Å². The molecule has 0 aromatic heterocycles. The fourth-order valence-electron chi connectivity index (χ4n) is 2.08. The van der Waals surface area contributed by atoms with Crippen LogP contribution in [0.5, 0.6) is 11.5 Å². The van der Waals surface area contributed by atoms with E-state index in [4.69, 9.17) is 15.2 Å². The summed E-state index contributed by atoms with van der Waals surface area (Å²) in [5, 5.41) is 0. The number of hydrogen-bond donors (Lipinski definition) is 1. The Hall–Kier alpha value is -2.17. The van der Waals surface area contributed by atoms with Gasteiger partial charge in [0, 0.05) is 23.8 Å². The van der Waals surface area contributed by atoms with Crippen LogP contribution in [0.2, 0.25) is 0 Å². The predicted octanol–water partition coefficient (Wildman–Crippen LogP) is 2.42. The van der Waals surface area contributed by atoms with Crippen LogP contribution < -0.4 is 15.2 Å². The highest BCUT2D eigenvalue weighted by atomic mass is 16.7. The zero-order valence-corrected chi connectivity index (χ0v) is 12.1. The Morgan fingerprint density at radius 2 is 2.00 bits per heavy atom. The summed E-state index contributed by atoms with van der Waals surface area (Å²) in [6, 6.07) is 3.27. The molecule has 0 saturated heterocycles. The van der Waals surface area contributed by atoms with Crippen LogP contribution in [0.25, 0.3) is 0 Å². The average Bonchev–Trinajstić information content (AvgIpc) is 2.79. The smallest absolute Gasteiger partial charge is 0.256 e. The highest BCUT2D eigenvalue weighted by molar-refractivity contribution is 6.00. The van der Waals surface area contributed by atoms with Gasteiger partial charge in [0.05, 0.1) is 5.56 Å². The fraction of sp³-hybridized carbons (Fsp3) is 0.400. The van der Waals surface area contributed by atoms with E-state index >= 15 is 0 Å². The maximum absolute atomic E-state index is 12.7. The van der Waals surface area contributed by atoms with E-state index in [0.717, 1.165) is 0 Å². The minimum atomic E-state index is -0.325. The summed E-state index contributed by atoms with van der Waals surface area (Å²) in [5.74, 6) is 0.980. The molecule has 0 saturated carbocycles. The van der Waals surface area contributed by atoms with Crippen LogP contribution >= 0.6 is 0 Å². The Balaban J connectivity index is 2.39. The minimum Gasteiger partial charge on any atom is -0.454 e. The molecular weight excluding hydrogens is 256 g/mol. The van der Waals surface area contributed by atoms with Crippen molar-refractivity contribution in [2.45, 2.75) is 26.3 Å². The second kappa shape index (κ2) is 5.07. The van der Waals surface area contributed by atoms with Crippen molar-refractivity contribution in [2.24, 2.45) is 0 Å². The largest absolute Gasteiger partial charge is 0.454 e. The van der Waals surface area contributed by atoms with Gasteiger partial charge in [-0.05, 0) is 26.8 Å². The molecule has 0 spiro atoms. The molecule has 0 radical (unpaired) electrons. The number of carbonyl (C=O) groups is 1. The molecule has 20 heavy (non-hydrogen) atoms. The first kappa shape index (κ1) is 14.2. The van der Waals surface area contributed by atoms with E-state index < -0.39 is 0 Å². The first-order chi connectivity index (χ1) is 9.34. The van der Waals surface area contributed by atoms with Gasteiger partial charge in [0.15, 0.2) is 11.5 Å². The molecule has 1 aliphatic rings. The summed E-state index contributed by atoms with van der Waals surface area (Å²) in [4.78, 5) is 14.4. The van der Waals surface area contributed by atoms with Crippen molar-refractivity contribution < 1.29 is 14.3 Å². The third-order valence-corrected chi connectivity index (χ3v) is 3.14. The van der Waals surface area contributed by atoms with Crippen molar-refractivity contribution >= 4 is 11.6 Å². The number of hydrogen-bond acceptors (Lipinski definition) is 4. The first-order valence-corrected chi connectivity index (χ1v) is 6.46. The summed E-state index contributed by atoms with van der Waals surface area (Å²) in [6.45, 7) is 10.2. The van der Waals surface area contributed by atoms with E-state index in [2.05, 4.69) is 6.58 Å². The summed E-state index contributed by atoms with van der Waals surface area (Å²) >= 11 is 0. The quantitative estimate of drug-likeness (QED) is 0.680. The lowest BCUT2D eigenvalue weighted by Gasteiger charge is -2.35. The second-order valence-electron chi connectivity index (χ2n) is 5.67. The third kappa shape index (κ3) is 2.57. The van der Waals surface area contributed by atoms with Gasteiger partial charge in [-0.2, -0.15) is 0 Å². The van der Waals surface area contributed by atoms with E-state index in [1.54, 1.807) is 23.1 Å². The second-order valence-corrected chi connectivity index (χ2v) is 5.67. The lowest BCUT2D eigenvalue weighted by atomic mass is 10.0. The molecule has 0 unspecified atom stereocenters. The molecule has 5 nitrogen and oxygen atoms in total. The zero-order chi connectivity index (χ0) is 14.9. The number of nitrogens with zero attached hydrogens (tertiary/aromatic N) is 1. The molecule has 0 atom stereocenters. The zero-order valence-electron chi connectivity index (χ0n) is 12.1. The van der Waals surface area contributed by atoms with E-state index in [9.17, 15) is 4.79 Å². The van der Waals surface area contributed by atoms with E-state index in [-0.39, 0.29) is 18.2 Å². The number of ether oxygens (including phenoxy) is 2. The molecule has 1 heterocycles. The van der Waals surface area contributed by atoms with Gasteiger partial charge in [0.25, 0.3) is 5.91 Å². The summed E-state index contributed by atoms with van der Waals surface area (Å²) in [5.41, 5.74) is 6.45. The maximum Gasteiger partial charge on any atom is 0.256 e. The summed E-state index contributed by atoms with van der Waals surface area (Å²) in [6.07, 6.45) is 1.70. The minimum absolute atomic E-state index is 0.145. The van der Waals surface area contributed by atoms with Gasteiger partial charge in [-0.1, -0.05) is 6.08 Å². The van der Waals surface area contributed by atoms with Crippen molar-refractivity contribution in [3.05, 3.63) is 30.4 Å². The van der Waals surface area contributed by atoms with Crippen molar-refractivity contribution in [3.63, 3.8) is 0 Å². The van der Waals surface area contributed by atoms with E-state index in [1.807, 2.05) is 20.8 Å². The number of carbonyl (C=O) groups excluding carboxylic acids is 1. The molecule has 1 aromatic carbocycles. The molecule has 2 N–H and O–H groups in total. The molecule has 5 heteroatoms. The molecule has 2 rings (SSSR count). The molecule has 1 aromatic rings. The SMILES string of the molecule is C=CCN(C(=O)c1cc2c(cc1N)OCO2)C(C)(C)C. The van der Waals surface area contributed by atoms with Gasteiger partial charge in [-0.3, -0.25) is 4.79 Å². The van der Waals surface area contributed by atoms with Crippen LogP contribution in [0.1, 0.15) is 31.1 Å². The summed E-state index contributed by atoms with van der Waals surface area (Å²) in [7, 11) is 0. The van der Waals surface area contributed by atoms with Crippen LogP contribution in [-0.2, 0) is 0 Å². The monoisotopic (exact) mass is 276 g/mol.